The van der Waals surface area contributed by atoms with Crippen molar-refractivity contribution in [3.05, 3.63) is 29.8 Å². The molecule has 1 aromatic rings. The first-order chi connectivity index (χ1) is 6.59. The van der Waals surface area contributed by atoms with Crippen LogP contribution in [0.5, 0.6) is 5.75 Å². The maximum Gasteiger partial charge on any atom is 0.115 e. The highest BCUT2D eigenvalue weighted by atomic mass is 16.3. The molecule has 2 nitrogen and oxygen atoms in total. The third kappa shape index (κ3) is 3.38. The fraction of sp³-hybridized carbons (Fsp3) is 0.500. The normalized spacial score (nSPS) is 15.1. The van der Waals surface area contributed by atoms with E-state index in [1.807, 2.05) is 25.1 Å². The van der Waals surface area contributed by atoms with E-state index in [2.05, 4.69) is 6.92 Å². The molecule has 14 heavy (non-hydrogen) atoms. The Hall–Kier alpha value is -1.02. The topological polar surface area (TPSA) is 46.2 Å². The van der Waals surface area contributed by atoms with Gasteiger partial charge in [0.1, 0.15) is 5.75 Å². The van der Waals surface area contributed by atoms with Gasteiger partial charge in [0.15, 0.2) is 0 Å². The van der Waals surface area contributed by atoms with Crippen molar-refractivity contribution in [3.8, 4) is 5.75 Å². The first-order valence-corrected chi connectivity index (χ1v) is 5.14. The van der Waals surface area contributed by atoms with Gasteiger partial charge in [-0.15, -0.1) is 0 Å². The maximum absolute atomic E-state index is 9.31. The molecule has 0 heterocycles. The van der Waals surface area contributed by atoms with Gasteiger partial charge in [0.2, 0.25) is 0 Å². The van der Waals surface area contributed by atoms with Crippen molar-refractivity contribution >= 4 is 0 Å². The van der Waals surface area contributed by atoms with E-state index in [0.29, 0.717) is 11.7 Å². The Balaban J connectivity index is 2.56. The number of nitrogens with two attached hydrogens (primary N) is 1. The molecular formula is C12H19NO. The summed E-state index contributed by atoms with van der Waals surface area (Å²) in [6.07, 6.45) is 2.10. The fourth-order valence-corrected chi connectivity index (χ4v) is 1.51. The third-order valence-corrected chi connectivity index (χ3v) is 2.49. The van der Waals surface area contributed by atoms with Crippen molar-refractivity contribution in [2.75, 3.05) is 0 Å². The van der Waals surface area contributed by atoms with Gasteiger partial charge in [-0.2, -0.15) is 0 Å². The van der Waals surface area contributed by atoms with Crippen LogP contribution in [0.3, 0.4) is 0 Å². The molecule has 0 spiro atoms. The average Bonchev–Trinajstić information content (AvgIpc) is 2.14. The van der Waals surface area contributed by atoms with E-state index in [9.17, 15) is 5.11 Å². The molecular weight excluding hydrogens is 174 g/mol. The molecule has 0 amide bonds. The zero-order valence-corrected chi connectivity index (χ0v) is 8.90. The minimum atomic E-state index is 0.259. The molecule has 2 heteroatoms. The molecule has 0 aliphatic heterocycles. The Morgan fingerprint density at radius 1 is 1.29 bits per heavy atom. The van der Waals surface area contributed by atoms with Gasteiger partial charge in [-0.05, 0) is 43.4 Å². The monoisotopic (exact) mass is 193 g/mol. The van der Waals surface area contributed by atoms with E-state index < -0.39 is 0 Å². The van der Waals surface area contributed by atoms with Crippen LogP contribution in [-0.4, -0.2) is 11.1 Å². The molecule has 0 radical (unpaired) electrons. The van der Waals surface area contributed by atoms with Crippen LogP contribution >= 0.6 is 0 Å². The van der Waals surface area contributed by atoms with Gasteiger partial charge in [-0.25, -0.2) is 0 Å². The minimum absolute atomic E-state index is 0.259. The Labute approximate surface area is 85.8 Å². The van der Waals surface area contributed by atoms with Gasteiger partial charge >= 0.3 is 0 Å². The lowest BCUT2D eigenvalue weighted by Crippen LogP contribution is -2.15. The number of phenols is 1. The second-order valence-corrected chi connectivity index (χ2v) is 4.05. The van der Waals surface area contributed by atoms with E-state index in [1.165, 1.54) is 5.56 Å². The quantitative estimate of drug-likeness (QED) is 0.772. The summed E-state index contributed by atoms with van der Waals surface area (Å²) in [4.78, 5) is 0. The van der Waals surface area contributed by atoms with Crippen molar-refractivity contribution in [3.63, 3.8) is 0 Å². The Morgan fingerprint density at radius 2 is 2.00 bits per heavy atom. The Bertz CT molecular complexity index is 283. The highest BCUT2D eigenvalue weighted by Crippen LogP contribution is 2.23. The first kappa shape index (κ1) is 11.1. The van der Waals surface area contributed by atoms with Gasteiger partial charge in [-0.1, -0.05) is 19.1 Å². The van der Waals surface area contributed by atoms with Crippen molar-refractivity contribution in [1.29, 1.82) is 0 Å². The van der Waals surface area contributed by atoms with Crippen molar-refractivity contribution in [1.82, 2.24) is 0 Å². The fourth-order valence-electron chi connectivity index (χ4n) is 1.51. The molecule has 0 saturated carbocycles. The molecule has 0 aliphatic carbocycles. The van der Waals surface area contributed by atoms with E-state index >= 15 is 0 Å². The Morgan fingerprint density at radius 3 is 2.57 bits per heavy atom. The first-order valence-electron chi connectivity index (χ1n) is 5.14. The van der Waals surface area contributed by atoms with Crippen LogP contribution in [0.25, 0.3) is 0 Å². The van der Waals surface area contributed by atoms with E-state index in [0.717, 1.165) is 12.8 Å². The SMILES string of the molecule is CC(N)CCC(C)c1cccc(O)c1. The number of hydrogen-bond donors (Lipinski definition) is 2. The zero-order chi connectivity index (χ0) is 10.6. The molecule has 1 aromatic carbocycles. The lowest BCUT2D eigenvalue weighted by molar-refractivity contribution is 0.473. The maximum atomic E-state index is 9.31. The Kier molecular flexibility index (Phi) is 3.96. The smallest absolute Gasteiger partial charge is 0.115 e. The summed E-state index contributed by atoms with van der Waals surface area (Å²) >= 11 is 0. The second kappa shape index (κ2) is 5.01. The van der Waals surface area contributed by atoms with Crippen LogP contribution in [-0.2, 0) is 0 Å². The minimum Gasteiger partial charge on any atom is -0.508 e. The van der Waals surface area contributed by atoms with Gasteiger partial charge in [0.05, 0.1) is 0 Å². The second-order valence-electron chi connectivity index (χ2n) is 4.05. The predicted octanol–water partition coefficient (Wildman–Crippen LogP) is 2.62. The molecule has 0 aromatic heterocycles. The summed E-state index contributed by atoms with van der Waals surface area (Å²) in [7, 11) is 0. The summed E-state index contributed by atoms with van der Waals surface area (Å²) in [5, 5.41) is 9.31. The molecule has 78 valence electrons. The number of benzene rings is 1. The lowest BCUT2D eigenvalue weighted by atomic mass is 9.94. The van der Waals surface area contributed by atoms with Gasteiger partial charge < -0.3 is 10.8 Å². The molecule has 0 bridgehead atoms. The van der Waals surface area contributed by atoms with Crippen molar-refractivity contribution < 1.29 is 5.11 Å². The van der Waals surface area contributed by atoms with Crippen LogP contribution < -0.4 is 5.73 Å². The zero-order valence-electron chi connectivity index (χ0n) is 8.90. The number of phenolic OH excluding ortho intramolecular Hbond substituents is 1. The summed E-state index contributed by atoms with van der Waals surface area (Å²) in [5.74, 6) is 0.809. The molecule has 0 saturated heterocycles. The number of aromatic hydroxyl groups is 1. The highest BCUT2D eigenvalue weighted by molar-refractivity contribution is 5.29. The van der Waals surface area contributed by atoms with E-state index in [4.69, 9.17) is 5.73 Å². The third-order valence-electron chi connectivity index (χ3n) is 2.49. The largest absolute Gasteiger partial charge is 0.508 e. The standard InChI is InChI=1S/C12H19NO/c1-9(6-7-10(2)13)11-4-3-5-12(14)8-11/h3-5,8-10,14H,6-7,13H2,1-2H3. The lowest BCUT2D eigenvalue weighted by Gasteiger charge is -2.13. The molecule has 2 unspecified atom stereocenters. The number of hydrogen-bond acceptors (Lipinski definition) is 2. The highest BCUT2D eigenvalue weighted by Gasteiger charge is 2.06. The van der Waals surface area contributed by atoms with Crippen LogP contribution in [0.1, 0.15) is 38.2 Å². The van der Waals surface area contributed by atoms with Crippen LogP contribution in [0, 0.1) is 0 Å². The van der Waals surface area contributed by atoms with Crippen LogP contribution in [0.4, 0.5) is 0 Å². The molecule has 0 fully saturated rings. The van der Waals surface area contributed by atoms with Crippen LogP contribution in [0.15, 0.2) is 24.3 Å². The predicted molar refractivity (Wildman–Crippen MR) is 59.4 cm³/mol. The summed E-state index contributed by atoms with van der Waals surface area (Å²) in [6.45, 7) is 4.19. The van der Waals surface area contributed by atoms with Gasteiger partial charge in [0, 0.05) is 6.04 Å². The molecule has 1 rings (SSSR count). The average molecular weight is 193 g/mol. The molecule has 2 atom stereocenters. The van der Waals surface area contributed by atoms with Crippen molar-refractivity contribution in [2.24, 2.45) is 5.73 Å². The van der Waals surface area contributed by atoms with E-state index in [1.54, 1.807) is 6.07 Å². The summed E-state index contributed by atoms with van der Waals surface area (Å²) < 4.78 is 0. The van der Waals surface area contributed by atoms with Gasteiger partial charge in [-0.3, -0.25) is 0 Å². The van der Waals surface area contributed by atoms with Crippen LogP contribution in [0.2, 0.25) is 0 Å². The molecule has 0 aliphatic rings. The summed E-state index contributed by atoms with van der Waals surface area (Å²) in [6, 6.07) is 7.71. The van der Waals surface area contributed by atoms with Crippen molar-refractivity contribution in [2.45, 2.75) is 38.6 Å². The van der Waals surface area contributed by atoms with E-state index in [-0.39, 0.29) is 6.04 Å². The van der Waals surface area contributed by atoms with Gasteiger partial charge in [0.25, 0.3) is 0 Å². The number of rotatable bonds is 4. The summed E-state index contributed by atoms with van der Waals surface area (Å²) in [5.41, 5.74) is 6.89. The molecule has 3 N–H and O–H groups in total.